The van der Waals surface area contributed by atoms with Gasteiger partial charge in [0.15, 0.2) is 5.82 Å². The zero-order valence-corrected chi connectivity index (χ0v) is 15.4. The molecule has 6 nitrogen and oxygen atoms in total. The number of amides is 1. The van der Waals surface area contributed by atoms with Crippen LogP contribution in [0.4, 0.5) is 0 Å². The number of piperidine rings is 1. The summed E-state index contributed by atoms with van der Waals surface area (Å²) in [5.41, 5.74) is 0.870. The predicted octanol–water partition coefficient (Wildman–Crippen LogP) is 2.01. The van der Waals surface area contributed by atoms with Gasteiger partial charge in [-0.25, -0.2) is 0 Å². The molecule has 0 spiro atoms. The van der Waals surface area contributed by atoms with E-state index in [-0.39, 0.29) is 17.4 Å². The lowest BCUT2D eigenvalue weighted by atomic mass is 9.73. The molecular formula is C20H27N5O. The number of hydrogen-bond acceptors (Lipinski definition) is 4. The summed E-state index contributed by atoms with van der Waals surface area (Å²) in [5, 5.41) is 15.2. The molecule has 4 rings (SSSR count). The number of rotatable bonds is 5. The highest BCUT2D eigenvalue weighted by molar-refractivity contribution is 5.83. The maximum atomic E-state index is 13.3. The molecule has 1 saturated heterocycles. The quantitative estimate of drug-likeness (QED) is 0.863. The second-order valence-electron chi connectivity index (χ2n) is 7.62. The Morgan fingerprint density at radius 2 is 2.04 bits per heavy atom. The van der Waals surface area contributed by atoms with Crippen molar-refractivity contribution in [1.29, 1.82) is 0 Å². The van der Waals surface area contributed by atoms with E-state index in [1.807, 2.05) is 25.1 Å². The highest BCUT2D eigenvalue weighted by atomic mass is 16.2. The zero-order valence-electron chi connectivity index (χ0n) is 15.4. The average molecular weight is 353 g/mol. The lowest BCUT2D eigenvalue weighted by Crippen LogP contribution is -2.49. The van der Waals surface area contributed by atoms with Gasteiger partial charge in [0.2, 0.25) is 5.91 Å². The van der Waals surface area contributed by atoms with Crippen molar-refractivity contribution in [2.75, 3.05) is 13.1 Å². The predicted molar refractivity (Wildman–Crippen MR) is 99.6 cm³/mol. The topological polar surface area (TPSA) is 71.8 Å². The Balaban J connectivity index is 1.52. The summed E-state index contributed by atoms with van der Waals surface area (Å²) in [4.78, 5) is 13.3. The highest BCUT2D eigenvalue weighted by Crippen LogP contribution is 2.34. The molecular weight excluding hydrogens is 326 g/mol. The Kier molecular flexibility index (Phi) is 4.76. The molecule has 1 amide bonds. The fraction of sp³-hybridized carbons (Fsp3) is 0.550. The lowest BCUT2D eigenvalue weighted by Gasteiger charge is -2.37. The van der Waals surface area contributed by atoms with Gasteiger partial charge in [0.05, 0.1) is 11.5 Å². The van der Waals surface area contributed by atoms with Gasteiger partial charge in [-0.3, -0.25) is 4.79 Å². The van der Waals surface area contributed by atoms with Crippen molar-refractivity contribution < 1.29 is 4.79 Å². The summed E-state index contributed by atoms with van der Waals surface area (Å²) >= 11 is 0. The summed E-state index contributed by atoms with van der Waals surface area (Å²) in [6.07, 6.45) is 4.60. The standard InChI is InChI=1S/C20H27N5O/c1-15(18-24-23-17-8-5-13-25(17)18)22-19(26)20(9-11-21-12-10-20)14-16-6-3-2-4-7-16/h2-4,6-7,15,21H,5,8-14H2,1H3,(H,22,26). The summed E-state index contributed by atoms with van der Waals surface area (Å²) < 4.78 is 2.16. The second kappa shape index (κ2) is 7.19. The number of benzene rings is 1. The first-order valence-electron chi connectivity index (χ1n) is 9.66. The molecule has 1 fully saturated rings. The normalized spacial score (nSPS) is 19.7. The summed E-state index contributed by atoms with van der Waals surface area (Å²) in [7, 11) is 0. The Labute approximate surface area is 154 Å². The van der Waals surface area contributed by atoms with Gasteiger partial charge in [-0.2, -0.15) is 0 Å². The number of aryl methyl sites for hydroxylation is 1. The van der Waals surface area contributed by atoms with E-state index in [2.05, 4.69) is 37.5 Å². The van der Waals surface area contributed by atoms with Crippen molar-refractivity contribution in [2.45, 2.75) is 51.6 Å². The minimum atomic E-state index is -0.352. The van der Waals surface area contributed by atoms with E-state index in [0.29, 0.717) is 0 Å². The van der Waals surface area contributed by atoms with Crippen molar-refractivity contribution >= 4 is 5.91 Å². The number of fused-ring (bicyclic) bond motifs is 1. The molecule has 2 aliphatic heterocycles. The molecule has 26 heavy (non-hydrogen) atoms. The number of nitrogens with zero attached hydrogens (tertiary/aromatic N) is 3. The van der Waals surface area contributed by atoms with E-state index in [1.165, 1.54) is 5.56 Å². The second-order valence-corrected chi connectivity index (χ2v) is 7.62. The zero-order chi connectivity index (χ0) is 18.0. The molecule has 1 aromatic carbocycles. The molecule has 6 heteroatoms. The maximum Gasteiger partial charge on any atom is 0.227 e. The van der Waals surface area contributed by atoms with E-state index in [4.69, 9.17) is 0 Å². The third-order valence-electron chi connectivity index (χ3n) is 5.80. The van der Waals surface area contributed by atoms with Crippen LogP contribution in [0.15, 0.2) is 30.3 Å². The summed E-state index contributed by atoms with van der Waals surface area (Å²) in [6.45, 7) is 4.74. The first kappa shape index (κ1) is 17.2. The lowest BCUT2D eigenvalue weighted by molar-refractivity contribution is -0.133. The van der Waals surface area contributed by atoms with Gasteiger partial charge in [-0.1, -0.05) is 30.3 Å². The van der Waals surface area contributed by atoms with Gasteiger partial charge in [0, 0.05) is 13.0 Å². The van der Waals surface area contributed by atoms with Gasteiger partial charge in [-0.15, -0.1) is 10.2 Å². The van der Waals surface area contributed by atoms with Gasteiger partial charge >= 0.3 is 0 Å². The maximum absolute atomic E-state index is 13.3. The van der Waals surface area contributed by atoms with E-state index in [9.17, 15) is 4.79 Å². The van der Waals surface area contributed by atoms with E-state index in [0.717, 1.165) is 63.4 Å². The Bertz CT molecular complexity index is 764. The number of aromatic nitrogens is 3. The molecule has 1 unspecified atom stereocenters. The minimum Gasteiger partial charge on any atom is -0.346 e. The van der Waals surface area contributed by atoms with Crippen molar-refractivity contribution in [2.24, 2.45) is 5.41 Å². The van der Waals surface area contributed by atoms with Crippen LogP contribution < -0.4 is 10.6 Å². The van der Waals surface area contributed by atoms with Gasteiger partial charge in [-0.05, 0) is 51.3 Å². The summed E-state index contributed by atoms with van der Waals surface area (Å²) in [6, 6.07) is 10.2. The fourth-order valence-corrected chi connectivity index (χ4v) is 4.28. The van der Waals surface area contributed by atoms with Gasteiger partial charge < -0.3 is 15.2 Å². The molecule has 0 saturated carbocycles. The van der Waals surface area contributed by atoms with Crippen LogP contribution in [-0.2, 0) is 24.2 Å². The molecule has 2 N–H and O–H groups in total. The first-order chi connectivity index (χ1) is 12.7. The minimum absolute atomic E-state index is 0.121. The van der Waals surface area contributed by atoms with E-state index < -0.39 is 0 Å². The molecule has 0 aliphatic carbocycles. The SMILES string of the molecule is CC(NC(=O)C1(Cc2ccccc2)CCNCC1)c1nnc2n1CCC2. The Hall–Kier alpha value is -2.21. The van der Waals surface area contributed by atoms with Gasteiger partial charge in [0.25, 0.3) is 0 Å². The molecule has 1 atom stereocenters. The third kappa shape index (κ3) is 3.26. The van der Waals surface area contributed by atoms with Crippen LogP contribution in [0.1, 0.15) is 49.4 Å². The van der Waals surface area contributed by atoms with E-state index >= 15 is 0 Å². The van der Waals surface area contributed by atoms with Crippen molar-refractivity contribution in [3.63, 3.8) is 0 Å². The van der Waals surface area contributed by atoms with E-state index in [1.54, 1.807) is 0 Å². The van der Waals surface area contributed by atoms with Gasteiger partial charge in [0.1, 0.15) is 5.82 Å². The molecule has 138 valence electrons. The third-order valence-corrected chi connectivity index (χ3v) is 5.80. The number of carbonyl (C=O) groups excluding carboxylic acids is 1. The Morgan fingerprint density at radius 1 is 1.27 bits per heavy atom. The molecule has 2 aromatic rings. The number of nitrogens with one attached hydrogen (secondary N) is 2. The van der Waals surface area contributed by atoms with Crippen molar-refractivity contribution in [3.05, 3.63) is 47.5 Å². The van der Waals surface area contributed by atoms with Crippen LogP contribution >= 0.6 is 0 Å². The van der Waals surface area contributed by atoms with Crippen LogP contribution in [0.2, 0.25) is 0 Å². The van der Waals surface area contributed by atoms with Crippen molar-refractivity contribution in [3.8, 4) is 0 Å². The largest absolute Gasteiger partial charge is 0.346 e. The average Bonchev–Trinajstić information content (AvgIpc) is 3.26. The molecule has 3 heterocycles. The monoisotopic (exact) mass is 353 g/mol. The molecule has 1 aromatic heterocycles. The van der Waals surface area contributed by atoms with Crippen LogP contribution in [-0.4, -0.2) is 33.8 Å². The smallest absolute Gasteiger partial charge is 0.227 e. The van der Waals surface area contributed by atoms with Crippen LogP contribution in [0.5, 0.6) is 0 Å². The Morgan fingerprint density at radius 3 is 2.81 bits per heavy atom. The molecule has 0 radical (unpaired) electrons. The number of hydrogen-bond donors (Lipinski definition) is 2. The number of carbonyl (C=O) groups is 1. The molecule has 0 bridgehead atoms. The fourth-order valence-electron chi connectivity index (χ4n) is 4.28. The van der Waals surface area contributed by atoms with Crippen LogP contribution in [0.3, 0.4) is 0 Å². The highest BCUT2D eigenvalue weighted by Gasteiger charge is 2.40. The summed E-state index contributed by atoms with van der Waals surface area (Å²) in [5.74, 6) is 2.07. The van der Waals surface area contributed by atoms with Crippen molar-refractivity contribution in [1.82, 2.24) is 25.4 Å². The first-order valence-corrected chi connectivity index (χ1v) is 9.66. The van der Waals surface area contributed by atoms with Crippen LogP contribution in [0, 0.1) is 5.41 Å². The van der Waals surface area contributed by atoms with Crippen LogP contribution in [0.25, 0.3) is 0 Å². The molecule has 2 aliphatic rings.